The molecule has 2 heteroatoms. The van der Waals surface area contributed by atoms with Gasteiger partial charge in [0.1, 0.15) is 0 Å². The Morgan fingerprint density at radius 1 is 1.43 bits per heavy atom. The van der Waals surface area contributed by atoms with Crippen LogP contribution in [0, 0.1) is 0 Å². The fourth-order valence-corrected chi connectivity index (χ4v) is 1.79. The first-order valence-corrected chi connectivity index (χ1v) is 5.49. The van der Waals surface area contributed by atoms with Crippen LogP contribution in [-0.2, 0) is 5.41 Å². The Labute approximate surface area is 87.4 Å². The fourth-order valence-electron chi connectivity index (χ4n) is 1.79. The Bertz CT molecular complexity index is 281. The maximum absolute atomic E-state index is 4.25. The number of hydrogen-bond acceptors (Lipinski definition) is 1. The molecule has 1 aromatic rings. The fraction of sp³-hybridized carbons (Fsp3) is 0.750. The normalized spacial score (nSPS) is 14.4. The molecule has 80 valence electrons. The number of aromatic nitrogens is 2. The van der Waals surface area contributed by atoms with Crippen molar-refractivity contribution in [3.63, 3.8) is 0 Å². The zero-order valence-corrected chi connectivity index (χ0v) is 10.0. The molecule has 0 saturated heterocycles. The average Bonchev–Trinajstić information content (AvgIpc) is 2.50. The summed E-state index contributed by atoms with van der Waals surface area (Å²) in [7, 11) is 0. The van der Waals surface area contributed by atoms with Gasteiger partial charge in [-0.2, -0.15) is 0 Å². The summed E-state index contributed by atoms with van der Waals surface area (Å²) in [5, 5.41) is 0. The molecule has 1 rings (SSSR count). The lowest BCUT2D eigenvalue weighted by Crippen LogP contribution is -2.19. The van der Waals surface area contributed by atoms with E-state index in [1.807, 2.05) is 12.5 Å². The molecule has 0 radical (unpaired) electrons. The number of imidazole rings is 1. The van der Waals surface area contributed by atoms with Crippen LogP contribution in [0.15, 0.2) is 12.5 Å². The van der Waals surface area contributed by atoms with E-state index in [-0.39, 0.29) is 5.41 Å². The van der Waals surface area contributed by atoms with Crippen molar-refractivity contribution in [1.82, 2.24) is 9.55 Å². The monoisotopic (exact) mass is 194 g/mol. The van der Waals surface area contributed by atoms with Crippen molar-refractivity contribution < 1.29 is 0 Å². The largest absolute Gasteiger partial charge is 0.331 e. The predicted octanol–water partition coefficient (Wildman–Crippen LogP) is 3.54. The standard InChI is InChI=1S/C12H22N2/c1-6-7-10(2)14-9-13-8-11(14)12(3,4)5/h8-10H,6-7H2,1-5H3. The van der Waals surface area contributed by atoms with Crippen LogP contribution in [0.2, 0.25) is 0 Å². The molecule has 0 aliphatic heterocycles. The Kier molecular flexibility index (Phi) is 3.35. The molecule has 14 heavy (non-hydrogen) atoms. The highest BCUT2D eigenvalue weighted by atomic mass is 15.1. The second kappa shape index (κ2) is 4.16. The maximum Gasteiger partial charge on any atom is 0.0950 e. The van der Waals surface area contributed by atoms with Crippen molar-refractivity contribution in [2.24, 2.45) is 0 Å². The van der Waals surface area contributed by atoms with Gasteiger partial charge >= 0.3 is 0 Å². The van der Waals surface area contributed by atoms with Gasteiger partial charge in [-0.25, -0.2) is 4.98 Å². The zero-order valence-electron chi connectivity index (χ0n) is 10.0. The SMILES string of the molecule is CCCC(C)n1cncc1C(C)(C)C. The number of hydrogen-bond donors (Lipinski definition) is 0. The summed E-state index contributed by atoms with van der Waals surface area (Å²) in [5.74, 6) is 0. The van der Waals surface area contributed by atoms with E-state index in [9.17, 15) is 0 Å². The van der Waals surface area contributed by atoms with E-state index in [4.69, 9.17) is 0 Å². The Morgan fingerprint density at radius 2 is 2.07 bits per heavy atom. The van der Waals surface area contributed by atoms with Gasteiger partial charge in [-0.15, -0.1) is 0 Å². The molecule has 1 atom stereocenters. The quantitative estimate of drug-likeness (QED) is 0.719. The van der Waals surface area contributed by atoms with Crippen molar-refractivity contribution in [1.29, 1.82) is 0 Å². The third kappa shape index (κ3) is 2.37. The van der Waals surface area contributed by atoms with E-state index in [2.05, 4.69) is 44.2 Å². The van der Waals surface area contributed by atoms with Crippen LogP contribution in [-0.4, -0.2) is 9.55 Å². The van der Waals surface area contributed by atoms with Crippen LogP contribution in [0.1, 0.15) is 59.2 Å². The molecule has 2 nitrogen and oxygen atoms in total. The van der Waals surface area contributed by atoms with Gasteiger partial charge in [-0.05, 0) is 13.3 Å². The summed E-state index contributed by atoms with van der Waals surface area (Å²) in [4.78, 5) is 4.25. The molecular weight excluding hydrogens is 172 g/mol. The van der Waals surface area contributed by atoms with Crippen LogP contribution >= 0.6 is 0 Å². The first-order valence-electron chi connectivity index (χ1n) is 5.49. The van der Waals surface area contributed by atoms with Crippen LogP contribution in [0.5, 0.6) is 0 Å². The highest BCUT2D eigenvalue weighted by molar-refractivity contribution is 5.11. The van der Waals surface area contributed by atoms with Gasteiger partial charge in [-0.3, -0.25) is 0 Å². The van der Waals surface area contributed by atoms with E-state index in [1.54, 1.807) is 0 Å². The molecule has 0 fully saturated rings. The topological polar surface area (TPSA) is 17.8 Å². The molecule has 0 bridgehead atoms. The van der Waals surface area contributed by atoms with Gasteiger partial charge in [0, 0.05) is 23.3 Å². The summed E-state index contributed by atoms with van der Waals surface area (Å²) in [6.07, 6.45) is 6.40. The Balaban J connectivity index is 2.93. The summed E-state index contributed by atoms with van der Waals surface area (Å²) in [5.41, 5.74) is 1.52. The first-order chi connectivity index (χ1) is 6.46. The minimum Gasteiger partial charge on any atom is -0.331 e. The third-order valence-corrected chi connectivity index (χ3v) is 2.62. The van der Waals surface area contributed by atoms with E-state index in [0.29, 0.717) is 6.04 Å². The third-order valence-electron chi connectivity index (χ3n) is 2.62. The average molecular weight is 194 g/mol. The minimum atomic E-state index is 0.193. The molecule has 1 aromatic heterocycles. The highest BCUT2D eigenvalue weighted by Crippen LogP contribution is 2.25. The molecule has 0 saturated carbocycles. The summed E-state index contributed by atoms with van der Waals surface area (Å²) < 4.78 is 2.31. The van der Waals surface area contributed by atoms with Crippen LogP contribution in [0.3, 0.4) is 0 Å². The lowest BCUT2D eigenvalue weighted by atomic mass is 9.92. The molecule has 1 unspecified atom stereocenters. The first kappa shape index (κ1) is 11.3. The van der Waals surface area contributed by atoms with Crippen LogP contribution in [0.25, 0.3) is 0 Å². The summed E-state index contributed by atoms with van der Waals surface area (Å²) in [6, 6.07) is 0.566. The Morgan fingerprint density at radius 3 is 2.57 bits per heavy atom. The van der Waals surface area contributed by atoms with Crippen molar-refractivity contribution in [3.05, 3.63) is 18.2 Å². The van der Waals surface area contributed by atoms with Gasteiger partial charge in [0.15, 0.2) is 0 Å². The minimum absolute atomic E-state index is 0.193. The van der Waals surface area contributed by atoms with Crippen molar-refractivity contribution in [2.75, 3.05) is 0 Å². The number of rotatable bonds is 3. The lowest BCUT2D eigenvalue weighted by Gasteiger charge is -2.24. The van der Waals surface area contributed by atoms with Gasteiger partial charge < -0.3 is 4.57 Å². The van der Waals surface area contributed by atoms with Crippen molar-refractivity contribution in [2.45, 2.75) is 58.9 Å². The molecule has 0 aromatic carbocycles. The molecular formula is C12H22N2. The Hall–Kier alpha value is -0.790. The van der Waals surface area contributed by atoms with E-state index < -0.39 is 0 Å². The van der Waals surface area contributed by atoms with E-state index in [0.717, 1.165) is 0 Å². The second-order valence-electron chi connectivity index (χ2n) is 5.07. The van der Waals surface area contributed by atoms with Gasteiger partial charge in [0.2, 0.25) is 0 Å². The van der Waals surface area contributed by atoms with Crippen molar-refractivity contribution >= 4 is 0 Å². The van der Waals surface area contributed by atoms with Gasteiger partial charge in [0.25, 0.3) is 0 Å². The summed E-state index contributed by atoms with van der Waals surface area (Å²) >= 11 is 0. The van der Waals surface area contributed by atoms with E-state index in [1.165, 1.54) is 18.5 Å². The molecule has 0 aliphatic rings. The van der Waals surface area contributed by atoms with Gasteiger partial charge in [0.05, 0.1) is 6.33 Å². The zero-order chi connectivity index (χ0) is 10.8. The maximum atomic E-state index is 4.25. The van der Waals surface area contributed by atoms with Gasteiger partial charge in [-0.1, -0.05) is 34.1 Å². The predicted molar refractivity (Wildman–Crippen MR) is 60.5 cm³/mol. The van der Waals surface area contributed by atoms with Crippen LogP contribution in [0.4, 0.5) is 0 Å². The molecule has 0 N–H and O–H groups in total. The number of nitrogens with zero attached hydrogens (tertiary/aromatic N) is 2. The highest BCUT2D eigenvalue weighted by Gasteiger charge is 2.20. The lowest BCUT2D eigenvalue weighted by molar-refractivity contribution is 0.440. The second-order valence-corrected chi connectivity index (χ2v) is 5.07. The molecule has 0 aliphatic carbocycles. The smallest absolute Gasteiger partial charge is 0.0950 e. The van der Waals surface area contributed by atoms with E-state index >= 15 is 0 Å². The molecule has 1 heterocycles. The van der Waals surface area contributed by atoms with Crippen molar-refractivity contribution in [3.8, 4) is 0 Å². The molecule has 0 spiro atoms. The van der Waals surface area contributed by atoms with Crippen LogP contribution < -0.4 is 0 Å². The summed E-state index contributed by atoms with van der Waals surface area (Å²) in [6.45, 7) is 11.2. The molecule has 0 amide bonds.